The number of hydrogen-bond acceptors (Lipinski definition) is 3. The average Bonchev–Trinajstić information content (AvgIpc) is 2.63. The number of alkyl halides is 3. The van der Waals surface area contributed by atoms with Crippen LogP contribution in [0.4, 0.5) is 18.3 Å². The monoisotopic (exact) mass is 258 g/mol. The molecule has 17 heavy (non-hydrogen) atoms. The Morgan fingerprint density at radius 1 is 1.29 bits per heavy atom. The van der Waals surface area contributed by atoms with E-state index in [1.807, 2.05) is 0 Å². The third-order valence-electron chi connectivity index (χ3n) is 2.21. The minimum Gasteiger partial charge on any atom is -0.375 e. The Morgan fingerprint density at radius 2 is 2.06 bits per heavy atom. The minimum absolute atomic E-state index is 0.359. The summed E-state index contributed by atoms with van der Waals surface area (Å²) in [6.45, 7) is 0. The molecule has 2 nitrogen and oxygen atoms in total. The predicted molar refractivity (Wildman–Crippen MR) is 60.8 cm³/mol. The highest BCUT2D eigenvalue weighted by Gasteiger charge is 2.30. The Bertz CT molecular complexity index is 519. The number of nitrogens with zero attached hydrogens (tertiary/aromatic N) is 1. The van der Waals surface area contributed by atoms with Gasteiger partial charge in [-0.25, -0.2) is 4.98 Å². The highest BCUT2D eigenvalue weighted by molar-refractivity contribution is 7.13. The van der Waals surface area contributed by atoms with Gasteiger partial charge in [0.1, 0.15) is 0 Å². The molecule has 0 atom stereocenters. The molecule has 1 aromatic heterocycles. The van der Waals surface area contributed by atoms with Crippen LogP contribution in [-0.2, 0) is 12.6 Å². The molecule has 0 aliphatic heterocycles. The van der Waals surface area contributed by atoms with Crippen LogP contribution in [0.1, 0.15) is 16.8 Å². The molecule has 0 unspecified atom stereocenters. The predicted octanol–water partition coefficient (Wildman–Crippen LogP) is 3.33. The Labute approximate surface area is 99.9 Å². The molecule has 0 spiro atoms. The van der Waals surface area contributed by atoms with E-state index in [-0.39, 0.29) is 0 Å². The molecule has 0 radical (unpaired) electrons. The van der Waals surface area contributed by atoms with Gasteiger partial charge in [-0.15, -0.1) is 11.3 Å². The lowest BCUT2D eigenvalue weighted by Gasteiger charge is -2.07. The topological polar surface area (TPSA) is 38.9 Å². The normalized spacial score (nSPS) is 11.7. The van der Waals surface area contributed by atoms with Gasteiger partial charge in [-0.2, -0.15) is 13.2 Å². The summed E-state index contributed by atoms with van der Waals surface area (Å²) in [5.74, 6) is 0. The van der Waals surface area contributed by atoms with Crippen molar-refractivity contribution in [2.45, 2.75) is 12.6 Å². The van der Waals surface area contributed by atoms with Gasteiger partial charge >= 0.3 is 6.18 Å². The van der Waals surface area contributed by atoms with Crippen molar-refractivity contribution in [1.29, 1.82) is 0 Å². The Balaban J connectivity index is 2.22. The number of aromatic nitrogens is 1. The largest absolute Gasteiger partial charge is 0.416 e. The number of nitrogens with two attached hydrogens (primary N) is 1. The molecule has 6 heteroatoms. The number of rotatable bonds is 2. The molecule has 1 heterocycles. The summed E-state index contributed by atoms with van der Waals surface area (Å²) in [7, 11) is 0. The van der Waals surface area contributed by atoms with Crippen molar-refractivity contribution in [1.82, 2.24) is 4.98 Å². The summed E-state index contributed by atoms with van der Waals surface area (Å²) in [6, 6.07) is 5.23. The molecule has 0 bridgehead atoms. The van der Waals surface area contributed by atoms with E-state index in [4.69, 9.17) is 5.73 Å². The number of thiazole rings is 1. The molecule has 0 fully saturated rings. The van der Waals surface area contributed by atoms with Crippen LogP contribution in [0.3, 0.4) is 0 Å². The van der Waals surface area contributed by atoms with Gasteiger partial charge in [0, 0.05) is 11.8 Å². The van der Waals surface area contributed by atoms with Gasteiger partial charge in [0.25, 0.3) is 0 Å². The fraction of sp³-hybridized carbons (Fsp3) is 0.182. The van der Waals surface area contributed by atoms with Crippen molar-refractivity contribution in [3.8, 4) is 0 Å². The first-order chi connectivity index (χ1) is 7.95. The fourth-order valence-corrected chi connectivity index (χ4v) is 2.03. The van der Waals surface area contributed by atoms with Crippen LogP contribution in [0.5, 0.6) is 0 Å². The Morgan fingerprint density at radius 3 is 2.65 bits per heavy atom. The van der Waals surface area contributed by atoms with Crippen molar-refractivity contribution in [2.75, 3.05) is 5.73 Å². The van der Waals surface area contributed by atoms with Crippen LogP contribution in [0, 0.1) is 0 Å². The summed E-state index contributed by atoms with van der Waals surface area (Å²) in [6.07, 6.45) is -3.95. The van der Waals surface area contributed by atoms with Crippen molar-refractivity contribution in [3.63, 3.8) is 0 Å². The second-order valence-corrected chi connectivity index (χ2v) is 4.44. The molecule has 1 aromatic carbocycles. The smallest absolute Gasteiger partial charge is 0.375 e. The second-order valence-electron chi connectivity index (χ2n) is 3.55. The summed E-state index contributed by atoms with van der Waals surface area (Å²) in [5.41, 5.74) is 6.08. The lowest BCUT2D eigenvalue weighted by molar-refractivity contribution is -0.137. The molecule has 0 saturated carbocycles. The van der Waals surface area contributed by atoms with Crippen LogP contribution in [0.15, 0.2) is 29.6 Å². The van der Waals surface area contributed by atoms with Gasteiger partial charge in [-0.1, -0.05) is 18.2 Å². The zero-order chi connectivity index (χ0) is 12.5. The lowest BCUT2D eigenvalue weighted by Crippen LogP contribution is -2.05. The van der Waals surface area contributed by atoms with Crippen molar-refractivity contribution < 1.29 is 13.2 Å². The third kappa shape index (κ3) is 2.97. The number of nitrogen functional groups attached to an aromatic ring is 1. The van der Waals surface area contributed by atoms with E-state index in [1.165, 1.54) is 17.4 Å². The van der Waals surface area contributed by atoms with E-state index in [1.54, 1.807) is 11.4 Å². The van der Waals surface area contributed by atoms with Gasteiger partial charge in [0.05, 0.1) is 11.3 Å². The maximum absolute atomic E-state index is 12.5. The minimum atomic E-state index is -4.31. The summed E-state index contributed by atoms with van der Waals surface area (Å²) < 4.78 is 37.4. The molecule has 0 saturated heterocycles. The highest BCUT2D eigenvalue weighted by atomic mass is 32.1. The first-order valence-corrected chi connectivity index (χ1v) is 5.69. The number of halogens is 3. The van der Waals surface area contributed by atoms with Crippen molar-refractivity contribution >= 4 is 16.5 Å². The number of hydrogen-bond donors (Lipinski definition) is 1. The first-order valence-electron chi connectivity index (χ1n) is 4.81. The molecule has 90 valence electrons. The van der Waals surface area contributed by atoms with E-state index in [2.05, 4.69) is 4.98 Å². The molecule has 0 aliphatic carbocycles. The lowest BCUT2D eigenvalue weighted by atomic mass is 10.1. The molecule has 0 amide bonds. The standard InChI is InChI=1S/C11H9F3N2S/c12-11(13,14)8-3-1-2-7(4-8)5-9-6-17-10(15)16-9/h1-4,6H,5H2,(H2,15,16). The van der Waals surface area contributed by atoms with E-state index in [0.717, 1.165) is 12.1 Å². The molecule has 2 rings (SSSR count). The van der Waals surface area contributed by atoms with Gasteiger partial charge < -0.3 is 5.73 Å². The molecule has 2 N–H and O–H groups in total. The van der Waals surface area contributed by atoms with Gasteiger partial charge in [0.2, 0.25) is 0 Å². The highest BCUT2D eigenvalue weighted by Crippen LogP contribution is 2.30. The second kappa shape index (κ2) is 4.37. The van der Waals surface area contributed by atoms with Gasteiger partial charge in [-0.05, 0) is 11.6 Å². The van der Waals surface area contributed by atoms with E-state index in [0.29, 0.717) is 22.8 Å². The zero-order valence-electron chi connectivity index (χ0n) is 8.66. The Hall–Kier alpha value is -1.56. The van der Waals surface area contributed by atoms with Gasteiger partial charge in [0.15, 0.2) is 5.13 Å². The average molecular weight is 258 g/mol. The van der Waals surface area contributed by atoms with E-state index in [9.17, 15) is 13.2 Å². The quantitative estimate of drug-likeness (QED) is 0.897. The maximum atomic E-state index is 12.5. The summed E-state index contributed by atoms with van der Waals surface area (Å²) in [4.78, 5) is 4.01. The number of benzene rings is 1. The summed E-state index contributed by atoms with van der Waals surface area (Å²) >= 11 is 1.28. The van der Waals surface area contributed by atoms with Crippen LogP contribution in [0.2, 0.25) is 0 Å². The molecular weight excluding hydrogens is 249 g/mol. The van der Waals surface area contributed by atoms with E-state index < -0.39 is 11.7 Å². The molecule has 0 aliphatic rings. The molecular formula is C11H9F3N2S. The Kier molecular flexibility index (Phi) is 3.06. The van der Waals surface area contributed by atoms with Crippen molar-refractivity contribution in [3.05, 3.63) is 46.5 Å². The van der Waals surface area contributed by atoms with Gasteiger partial charge in [-0.3, -0.25) is 0 Å². The number of anilines is 1. The summed E-state index contributed by atoms with van der Waals surface area (Å²) in [5, 5.41) is 2.17. The molecule has 2 aromatic rings. The first kappa shape index (κ1) is 11.9. The third-order valence-corrected chi connectivity index (χ3v) is 2.93. The van der Waals surface area contributed by atoms with Crippen LogP contribution < -0.4 is 5.73 Å². The van der Waals surface area contributed by atoms with Crippen molar-refractivity contribution in [2.24, 2.45) is 0 Å². The van der Waals surface area contributed by atoms with Crippen LogP contribution in [0.25, 0.3) is 0 Å². The SMILES string of the molecule is Nc1nc(Cc2cccc(C(F)(F)F)c2)cs1. The van der Waals surface area contributed by atoms with Crippen LogP contribution in [-0.4, -0.2) is 4.98 Å². The van der Waals surface area contributed by atoms with E-state index >= 15 is 0 Å². The maximum Gasteiger partial charge on any atom is 0.416 e. The van der Waals surface area contributed by atoms with Crippen LogP contribution >= 0.6 is 11.3 Å². The fourth-order valence-electron chi connectivity index (χ4n) is 1.47. The zero-order valence-corrected chi connectivity index (χ0v) is 9.48.